The van der Waals surface area contributed by atoms with Gasteiger partial charge in [0.1, 0.15) is 21.9 Å². The second kappa shape index (κ2) is 7.68. The van der Waals surface area contributed by atoms with E-state index in [9.17, 15) is 5.26 Å². The molecule has 126 valence electrons. The van der Waals surface area contributed by atoms with E-state index in [1.54, 1.807) is 30.2 Å². The van der Waals surface area contributed by atoms with E-state index in [1.165, 1.54) is 0 Å². The first-order valence-electron chi connectivity index (χ1n) is 7.70. The standard InChI is InChI=1S/C19H17N3OS2/c1-12-8-13(2)21-19(17(12)9-20)25-11-15-10-24-18(22-15)14-4-6-16(23-3)7-5-14/h4-8,10H,11H2,1-3H3. The van der Waals surface area contributed by atoms with Crippen LogP contribution < -0.4 is 4.74 Å². The number of nitrogens with zero attached hydrogens (tertiary/aromatic N) is 3. The van der Waals surface area contributed by atoms with Crippen molar-refractivity contribution in [3.8, 4) is 22.4 Å². The molecule has 0 unspecified atom stereocenters. The van der Waals surface area contributed by atoms with Crippen molar-refractivity contribution in [1.29, 1.82) is 5.26 Å². The van der Waals surface area contributed by atoms with Crippen molar-refractivity contribution in [3.05, 3.63) is 58.2 Å². The smallest absolute Gasteiger partial charge is 0.123 e. The van der Waals surface area contributed by atoms with Crippen LogP contribution in [0.5, 0.6) is 5.75 Å². The minimum Gasteiger partial charge on any atom is -0.497 e. The summed E-state index contributed by atoms with van der Waals surface area (Å²) in [5.41, 5.74) is 4.61. The Labute approximate surface area is 155 Å². The third-order valence-electron chi connectivity index (χ3n) is 3.67. The van der Waals surface area contributed by atoms with Gasteiger partial charge in [0.2, 0.25) is 0 Å². The van der Waals surface area contributed by atoms with E-state index in [4.69, 9.17) is 9.72 Å². The van der Waals surface area contributed by atoms with Crippen LogP contribution in [0.1, 0.15) is 22.5 Å². The highest BCUT2D eigenvalue weighted by Crippen LogP contribution is 2.30. The zero-order chi connectivity index (χ0) is 17.8. The molecule has 25 heavy (non-hydrogen) atoms. The molecule has 4 nitrogen and oxygen atoms in total. The Morgan fingerprint density at radius 2 is 1.96 bits per heavy atom. The molecule has 6 heteroatoms. The van der Waals surface area contributed by atoms with Gasteiger partial charge in [-0.2, -0.15) is 5.26 Å². The summed E-state index contributed by atoms with van der Waals surface area (Å²) in [5, 5.41) is 13.2. The lowest BCUT2D eigenvalue weighted by Gasteiger charge is -2.06. The van der Waals surface area contributed by atoms with Crippen molar-refractivity contribution < 1.29 is 4.74 Å². The number of thiazole rings is 1. The zero-order valence-electron chi connectivity index (χ0n) is 14.2. The summed E-state index contributed by atoms with van der Waals surface area (Å²) >= 11 is 3.18. The van der Waals surface area contributed by atoms with Gasteiger partial charge in [0.25, 0.3) is 0 Å². The number of ether oxygens (including phenoxy) is 1. The Hall–Kier alpha value is -2.36. The van der Waals surface area contributed by atoms with Gasteiger partial charge in [-0.15, -0.1) is 11.3 Å². The van der Waals surface area contributed by atoms with Crippen molar-refractivity contribution in [2.45, 2.75) is 24.6 Å². The first-order chi connectivity index (χ1) is 12.1. The lowest BCUT2D eigenvalue weighted by atomic mass is 10.1. The molecule has 0 amide bonds. The largest absolute Gasteiger partial charge is 0.497 e. The number of benzene rings is 1. The molecule has 2 heterocycles. The maximum atomic E-state index is 9.36. The number of thioether (sulfide) groups is 1. The predicted molar refractivity (Wildman–Crippen MR) is 102 cm³/mol. The van der Waals surface area contributed by atoms with E-state index in [1.807, 2.05) is 44.2 Å². The Morgan fingerprint density at radius 1 is 1.20 bits per heavy atom. The molecule has 3 aromatic rings. The third kappa shape index (κ3) is 4.01. The number of aryl methyl sites for hydroxylation is 2. The van der Waals surface area contributed by atoms with Crippen molar-refractivity contribution >= 4 is 23.1 Å². The molecular formula is C19H17N3OS2. The SMILES string of the molecule is COc1ccc(-c2nc(CSc3nc(C)cc(C)c3C#N)cs2)cc1. The quantitative estimate of drug-likeness (QED) is 0.594. The van der Waals surface area contributed by atoms with E-state index < -0.39 is 0 Å². The number of methoxy groups -OCH3 is 1. The van der Waals surface area contributed by atoms with E-state index >= 15 is 0 Å². The summed E-state index contributed by atoms with van der Waals surface area (Å²) < 4.78 is 5.19. The van der Waals surface area contributed by atoms with Crippen LogP contribution in [0.3, 0.4) is 0 Å². The van der Waals surface area contributed by atoms with Gasteiger partial charge in [0.05, 0.1) is 18.4 Å². The number of hydrogen-bond acceptors (Lipinski definition) is 6. The first-order valence-corrected chi connectivity index (χ1v) is 9.57. The number of hydrogen-bond donors (Lipinski definition) is 0. The fourth-order valence-electron chi connectivity index (χ4n) is 2.42. The van der Waals surface area contributed by atoms with E-state index in [-0.39, 0.29) is 0 Å². The summed E-state index contributed by atoms with van der Waals surface area (Å²) in [5.74, 6) is 1.53. The molecule has 0 radical (unpaired) electrons. The maximum absolute atomic E-state index is 9.36. The monoisotopic (exact) mass is 367 g/mol. The molecule has 0 fully saturated rings. The second-order valence-corrected chi connectivity index (χ2v) is 7.36. The number of pyridine rings is 1. The Kier molecular flexibility index (Phi) is 5.37. The molecule has 0 atom stereocenters. The number of nitriles is 1. The highest BCUT2D eigenvalue weighted by atomic mass is 32.2. The molecule has 1 aromatic carbocycles. The van der Waals surface area contributed by atoms with Crippen LogP contribution in [0.15, 0.2) is 40.7 Å². The molecule has 0 aliphatic carbocycles. The molecule has 0 saturated carbocycles. The minimum absolute atomic E-state index is 0.654. The van der Waals surface area contributed by atoms with Gasteiger partial charge in [0, 0.05) is 22.4 Å². The Balaban J connectivity index is 1.75. The summed E-state index contributed by atoms with van der Waals surface area (Å²) in [6.07, 6.45) is 0. The summed E-state index contributed by atoms with van der Waals surface area (Å²) in [4.78, 5) is 9.20. The summed E-state index contributed by atoms with van der Waals surface area (Å²) in [6, 6.07) is 12.1. The average Bonchev–Trinajstić information content (AvgIpc) is 3.08. The van der Waals surface area contributed by atoms with Gasteiger partial charge in [-0.25, -0.2) is 9.97 Å². The Bertz CT molecular complexity index is 927. The normalized spacial score (nSPS) is 10.5. The van der Waals surface area contributed by atoms with Crippen molar-refractivity contribution in [1.82, 2.24) is 9.97 Å². The zero-order valence-corrected chi connectivity index (χ0v) is 15.9. The van der Waals surface area contributed by atoms with Crippen molar-refractivity contribution in [2.24, 2.45) is 0 Å². The first kappa shape index (κ1) is 17.5. The van der Waals surface area contributed by atoms with Gasteiger partial charge in [-0.3, -0.25) is 0 Å². The molecule has 0 saturated heterocycles. The average molecular weight is 367 g/mol. The second-order valence-electron chi connectivity index (χ2n) is 5.53. The maximum Gasteiger partial charge on any atom is 0.123 e. The molecule has 2 aromatic heterocycles. The highest BCUT2D eigenvalue weighted by Gasteiger charge is 2.11. The molecule has 0 bridgehead atoms. The van der Waals surface area contributed by atoms with Crippen LogP contribution in [0.25, 0.3) is 10.6 Å². The Morgan fingerprint density at radius 3 is 2.64 bits per heavy atom. The lowest BCUT2D eigenvalue weighted by Crippen LogP contribution is -1.94. The van der Waals surface area contributed by atoms with E-state index in [0.29, 0.717) is 11.3 Å². The van der Waals surface area contributed by atoms with Gasteiger partial charge in [-0.05, 0) is 49.7 Å². The third-order valence-corrected chi connectivity index (χ3v) is 5.62. The van der Waals surface area contributed by atoms with Gasteiger partial charge < -0.3 is 4.74 Å². The van der Waals surface area contributed by atoms with Gasteiger partial charge in [0.15, 0.2) is 0 Å². The minimum atomic E-state index is 0.654. The fourth-order valence-corrected chi connectivity index (χ4v) is 4.35. The summed E-state index contributed by atoms with van der Waals surface area (Å²) in [6.45, 7) is 3.89. The predicted octanol–water partition coefficient (Wildman–Crippen LogP) is 4.99. The van der Waals surface area contributed by atoms with Crippen LogP contribution in [0.2, 0.25) is 0 Å². The topological polar surface area (TPSA) is 58.8 Å². The molecule has 0 N–H and O–H groups in total. The fraction of sp³-hybridized carbons (Fsp3) is 0.211. The molecule has 0 aliphatic heterocycles. The van der Waals surface area contributed by atoms with Crippen LogP contribution in [-0.4, -0.2) is 17.1 Å². The van der Waals surface area contributed by atoms with Crippen molar-refractivity contribution in [2.75, 3.05) is 7.11 Å². The van der Waals surface area contributed by atoms with E-state index in [0.717, 1.165) is 38.3 Å². The molecule has 0 aliphatic rings. The van der Waals surface area contributed by atoms with Crippen LogP contribution in [0, 0.1) is 25.2 Å². The molecule has 3 rings (SSSR count). The van der Waals surface area contributed by atoms with Gasteiger partial charge in [-0.1, -0.05) is 11.8 Å². The van der Waals surface area contributed by atoms with Gasteiger partial charge >= 0.3 is 0 Å². The molecular weight excluding hydrogens is 350 g/mol. The van der Waals surface area contributed by atoms with Crippen LogP contribution in [0.4, 0.5) is 0 Å². The van der Waals surface area contributed by atoms with E-state index in [2.05, 4.69) is 16.4 Å². The number of aromatic nitrogens is 2. The van der Waals surface area contributed by atoms with Crippen molar-refractivity contribution in [3.63, 3.8) is 0 Å². The highest BCUT2D eigenvalue weighted by molar-refractivity contribution is 7.98. The lowest BCUT2D eigenvalue weighted by molar-refractivity contribution is 0.415. The summed E-state index contributed by atoms with van der Waals surface area (Å²) in [7, 11) is 1.66. The van der Waals surface area contributed by atoms with Crippen LogP contribution in [-0.2, 0) is 5.75 Å². The number of rotatable bonds is 5. The van der Waals surface area contributed by atoms with Crippen LogP contribution >= 0.6 is 23.1 Å². The molecule has 0 spiro atoms.